The standard InChI is InChI=1S/C15H32N2/c1-6-14(7-2)15(9-16)17-10-11(3)8-12(4)13(17)5/h11-15H,6-10,16H2,1-5H3. The lowest BCUT2D eigenvalue weighted by Gasteiger charge is -2.47. The summed E-state index contributed by atoms with van der Waals surface area (Å²) in [5.74, 6) is 2.40. The monoisotopic (exact) mass is 240 g/mol. The maximum atomic E-state index is 6.07. The van der Waals surface area contributed by atoms with Gasteiger partial charge in [-0.2, -0.15) is 0 Å². The summed E-state index contributed by atoms with van der Waals surface area (Å²) < 4.78 is 0. The molecule has 0 aromatic rings. The fourth-order valence-electron chi connectivity index (χ4n) is 3.63. The van der Waals surface area contributed by atoms with Crippen LogP contribution in [-0.2, 0) is 0 Å². The van der Waals surface area contributed by atoms with Crippen LogP contribution in [0.2, 0.25) is 0 Å². The van der Waals surface area contributed by atoms with Crippen LogP contribution in [0.25, 0.3) is 0 Å². The van der Waals surface area contributed by atoms with E-state index in [2.05, 4.69) is 39.5 Å². The van der Waals surface area contributed by atoms with Crippen molar-refractivity contribution in [2.45, 2.75) is 66.0 Å². The molecule has 1 saturated heterocycles. The molecule has 102 valence electrons. The first-order valence-corrected chi connectivity index (χ1v) is 7.50. The van der Waals surface area contributed by atoms with Gasteiger partial charge in [-0.3, -0.25) is 4.90 Å². The lowest BCUT2D eigenvalue weighted by molar-refractivity contribution is 0.0181. The molecule has 1 fully saturated rings. The molecule has 2 heteroatoms. The molecule has 1 rings (SSSR count). The number of nitrogens with two attached hydrogens (primary N) is 1. The van der Waals surface area contributed by atoms with E-state index in [1.165, 1.54) is 25.8 Å². The highest BCUT2D eigenvalue weighted by Gasteiger charge is 2.35. The summed E-state index contributed by atoms with van der Waals surface area (Å²) in [5, 5.41) is 0. The molecule has 0 aromatic carbocycles. The van der Waals surface area contributed by atoms with Crippen molar-refractivity contribution >= 4 is 0 Å². The molecule has 0 amide bonds. The van der Waals surface area contributed by atoms with E-state index < -0.39 is 0 Å². The second-order valence-corrected chi connectivity index (χ2v) is 6.14. The van der Waals surface area contributed by atoms with Gasteiger partial charge in [0.2, 0.25) is 0 Å². The van der Waals surface area contributed by atoms with Gasteiger partial charge >= 0.3 is 0 Å². The second-order valence-electron chi connectivity index (χ2n) is 6.14. The molecule has 1 heterocycles. The van der Waals surface area contributed by atoms with Crippen LogP contribution in [0, 0.1) is 17.8 Å². The summed E-state index contributed by atoms with van der Waals surface area (Å²) in [6.45, 7) is 13.8. The number of rotatable bonds is 5. The third-order valence-corrected chi connectivity index (χ3v) is 4.90. The van der Waals surface area contributed by atoms with Crippen molar-refractivity contribution in [1.82, 2.24) is 4.90 Å². The van der Waals surface area contributed by atoms with E-state index in [1.54, 1.807) is 0 Å². The lowest BCUT2D eigenvalue weighted by atomic mass is 9.82. The molecular formula is C15H32N2. The van der Waals surface area contributed by atoms with E-state index in [0.29, 0.717) is 12.1 Å². The van der Waals surface area contributed by atoms with Crippen molar-refractivity contribution in [3.05, 3.63) is 0 Å². The Bertz CT molecular complexity index is 213. The third-order valence-electron chi connectivity index (χ3n) is 4.90. The summed E-state index contributed by atoms with van der Waals surface area (Å²) in [7, 11) is 0. The third kappa shape index (κ3) is 3.45. The highest BCUT2D eigenvalue weighted by atomic mass is 15.2. The molecule has 0 saturated carbocycles. The van der Waals surface area contributed by atoms with Gasteiger partial charge in [-0.25, -0.2) is 0 Å². The highest BCUT2D eigenvalue weighted by Crippen LogP contribution is 2.31. The predicted molar refractivity (Wildman–Crippen MR) is 76.0 cm³/mol. The Labute approximate surface area is 108 Å². The first-order valence-electron chi connectivity index (χ1n) is 7.50. The van der Waals surface area contributed by atoms with E-state index in [1.807, 2.05) is 0 Å². The topological polar surface area (TPSA) is 29.3 Å². The first-order chi connectivity index (χ1) is 8.04. The predicted octanol–water partition coefficient (Wildman–Crippen LogP) is 3.12. The second kappa shape index (κ2) is 6.75. The summed E-state index contributed by atoms with van der Waals surface area (Å²) >= 11 is 0. The maximum Gasteiger partial charge on any atom is 0.0249 e. The molecule has 2 nitrogen and oxygen atoms in total. The number of likely N-dealkylation sites (tertiary alicyclic amines) is 1. The van der Waals surface area contributed by atoms with Crippen molar-refractivity contribution in [2.75, 3.05) is 13.1 Å². The quantitative estimate of drug-likeness (QED) is 0.800. The molecule has 17 heavy (non-hydrogen) atoms. The molecule has 4 atom stereocenters. The fraction of sp³-hybridized carbons (Fsp3) is 1.00. The minimum atomic E-state index is 0.588. The Balaban J connectivity index is 2.78. The van der Waals surface area contributed by atoms with Crippen LogP contribution in [0.3, 0.4) is 0 Å². The van der Waals surface area contributed by atoms with Crippen molar-refractivity contribution in [3.8, 4) is 0 Å². The molecule has 1 aliphatic heterocycles. The van der Waals surface area contributed by atoms with E-state index >= 15 is 0 Å². The van der Waals surface area contributed by atoms with Crippen LogP contribution in [0.5, 0.6) is 0 Å². The van der Waals surface area contributed by atoms with E-state index in [4.69, 9.17) is 5.73 Å². The van der Waals surface area contributed by atoms with Gasteiger partial charge in [0.1, 0.15) is 0 Å². The van der Waals surface area contributed by atoms with Gasteiger partial charge in [0, 0.05) is 25.2 Å². The summed E-state index contributed by atoms with van der Waals surface area (Å²) in [5.41, 5.74) is 6.07. The molecular weight excluding hydrogens is 208 g/mol. The normalized spacial score (nSPS) is 33.0. The van der Waals surface area contributed by atoms with Crippen LogP contribution in [0.4, 0.5) is 0 Å². The Morgan fingerprint density at radius 3 is 2.24 bits per heavy atom. The average molecular weight is 240 g/mol. The Morgan fingerprint density at radius 2 is 1.76 bits per heavy atom. The zero-order valence-electron chi connectivity index (χ0n) is 12.4. The molecule has 2 N–H and O–H groups in total. The van der Waals surface area contributed by atoms with Gasteiger partial charge in [-0.1, -0.05) is 40.5 Å². The van der Waals surface area contributed by atoms with Crippen molar-refractivity contribution in [3.63, 3.8) is 0 Å². The summed E-state index contributed by atoms with van der Waals surface area (Å²) in [6, 6.07) is 1.28. The highest BCUT2D eigenvalue weighted by molar-refractivity contribution is 4.89. The smallest absolute Gasteiger partial charge is 0.0249 e. The van der Waals surface area contributed by atoms with Gasteiger partial charge in [0.15, 0.2) is 0 Å². The van der Waals surface area contributed by atoms with Crippen LogP contribution >= 0.6 is 0 Å². The van der Waals surface area contributed by atoms with Gasteiger partial charge < -0.3 is 5.73 Å². The molecule has 1 aliphatic rings. The minimum Gasteiger partial charge on any atom is -0.329 e. The number of piperidine rings is 1. The van der Waals surface area contributed by atoms with Gasteiger partial charge in [-0.05, 0) is 31.1 Å². The van der Waals surface area contributed by atoms with Gasteiger partial charge in [-0.15, -0.1) is 0 Å². The molecule has 0 spiro atoms. The van der Waals surface area contributed by atoms with Crippen molar-refractivity contribution in [2.24, 2.45) is 23.5 Å². The number of hydrogen-bond donors (Lipinski definition) is 1. The largest absolute Gasteiger partial charge is 0.329 e. The van der Waals surface area contributed by atoms with Gasteiger partial charge in [0.25, 0.3) is 0 Å². The van der Waals surface area contributed by atoms with Crippen molar-refractivity contribution in [1.29, 1.82) is 0 Å². The molecule has 0 radical (unpaired) electrons. The zero-order valence-corrected chi connectivity index (χ0v) is 12.4. The van der Waals surface area contributed by atoms with Crippen LogP contribution in [0.15, 0.2) is 0 Å². The first kappa shape index (κ1) is 15.0. The molecule has 0 aromatic heterocycles. The number of hydrogen-bond acceptors (Lipinski definition) is 2. The van der Waals surface area contributed by atoms with Crippen LogP contribution in [0.1, 0.15) is 53.9 Å². The van der Waals surface area contributed by atoms with Crippen LogP contribution < -0.4 is 5.73 Å². The number of nitrogens with zero attached hydrogens (tertiary/aromatic N) is 1. The van der Waals surface area contributed by atoms with E-state index in [-0.39, 0.29) is 0 Å². The fourth-order valence-corrected chi connectivity index (χ4v) is 3.63. The Kier molecular flexibility index (Phi) is 5.94. The maximum absolute atomic E-state index is 6.07. The average Bonchev–Trinajstić information content (AvgIpc) is 2.31. The van der Waals surface area contributed by atoms with E-state index in [0.717, 1.165) is 24.3 Å². The molecule has 0 aliphatic carbocycles. The molecule has 4 unspecified atom stereocenters. The Morgan fingerprint density at radius 1 is 1.18 bits per heavy atom. The van der Waals surface area contributed by atoms with Gasteiger partial charge in [0.05, 0.1) is 0 Å². The Hall–Kier alpha value is -0.0800. The summed E-state index contributed by atoms with van der Waals surface area (Å²) in [6.07, 6.45) is 3.88. The SMILES string of the molecule is CCC(CC)C(CN)N1CC(C)CC(C)C1C. The van der Waals surface area contributed by atoms with Crippen LogP contribution in [-0.4, -0.2) is 30.1 Å². The zero-order chi connectivity index (χ0) is 13.0. The molecule has 0 bridgehead atoms. The minimum absolute atomic E-state index is 0.588. The lowest BCUT2D eigenvalue weighted by Crippen LogP contribution is -2.55. The van der Waals surface area contributed by atoms with Crippen molar-refractivity contribution < 1.29 is 0 Å². The van der Waals surface area contributed by atoms with E-state index in [9.17, 15) is 0 Å². The summed E-state index contributed by atoms with van der Waals surface area (Å²) in [4.78, 5) is 2.70.